The number of carbonyl (C=O) groups excluding carboxylic acids is 1. The molecule has 0 radical (unpaired) electrons. The second kappa shape index (κ2) is 5.87. The number of nitrogens with one attached hydrogen (secondary N) is 3. The van der Waals surface area contributed by atoms with Gasteiger partial charge in [0.15, 0.2) is 5.16 Å². The molecule has 1 aromatic heterocycles. The summed E-state index contributed by atoms with van der Waals surface area (Å²) < 4.78 is 0. The molecule has 3 N–H and O–H groups in total. The van der Waals surface area contributed by atoms with Gasteiger partial charge >= 0.3 is 0 Å². The number of aromatic nitrogens is 3. The lowest BCUT2D eigenvalue weighted by Crippen LogP contribution is -2.47. The number of H-pyrrole nitrogens is 1. The lowest BCUT2D eigenvalue weighted by Gasteiger charge is -2.23. The van der Waals surface area contributed by atoms with E-state index in [1.807, 2.05) is 31.2 Å². The van der Waals surface area contributed by atoms with Gasteiger partial charge in [-0.05, 0) is 50.6 Å². The average Bonchev–Trinajstić information content (AvgIpc) is 3.13. The molecule has 6 nitrogen and oxygen atoms in total. The first-order chi connectivity index (χ1) is 10.2. The van der Waals surface area contributed by atoms with Crippen LogP contribution >= 0.6 is 11.8 Å². The molecular weight excluding hydrogens is 286 g/mol. The van der Waals surface area contributed by atoms with Crippen LogP contribution in [0.1, 0.15) is 19.8 Å². The molecule has 1 aliphatic rings. The largest absolute Gasteiger partial charge is 0.324 e. The van der Waals surface area contributed by atoms with E-state index in [1.165, 1.54) is 18.1 Å². The van der Waals surface area contributed by atoms with Crippen molar-refractivity contribution >= 4 is 23.4 Å². The summed E-state index contributed by atoms with van der Waals surface area (Å²) in [7, 11) is 0. The molecule has 3 rings (SSSR count). The van der Waals surface area contributed by atoms with Gasteiger partial charge in [0.1, 0.15) is 6.33 Å². The van der Waals surface area contributed by atoms with Crippen molar-refractivity contribution in [1.82, 2.24) is 20.5 Å². The average molecular weight is 303 g/mol. The third-order valence-corrected chi connectivity index (χ3v) is 4.49. The Bertz CT molecular complexity index is 605. The Morgan fingerprint density at radius 3 is 2.81 bits per heavy atom. The fourth-order valence-corrected chi connectivity index (χ4v) is 3.01. The lowest BCUT2D eigenvalue weighted by molar-refractivity contribution is -0.121. The van der Waals surface area contributed by atoms with Crippen LogP contribution in [0.4, 0.5) is 5.69 Å². The van der Waals surface area contributed by atoms with Crippen molar-refractivity contribution in [3.63, 3.8) is 0 Å². The van der Waals surface area contributed by atoms with Crippen LogP contribution < -0.4 is 10.6 Å². The second-order valence-electron chi connectivity index (χ2n) is 5.23. The number of carbonyl (C=O) groups is 1. The van der Waals surface area contributed by atoms with Gasteiger partial charge in [-0.15, -0.1) is 0 Å². The zero-order valence-corrected chi connectivity index (χ0v) is 12.5. The lowest BCUT2D eigenvalue weighted by atomic mass is 9.99. The number of nitrogens with zero attached hydrogens (tertiary/aromatic N) is 2. The van der Waals surface area contributed by atoms with Crippen molar-refractivity contribution in [1.29, 1.82) is 0 Å². The van der Waals surface area contributed by atoms with E-state index in [0.29, 0.717) is 0 Å². The summed E-state index contributed by atoms with van der Waals surface area (Å²) in [5.41, 5.74) is 0.352. The number of rotatable bonds is 4. The minimum atomic E-state index is -0.451. The van der Waals surface area contributed by atoms with Crippen molar-refractivity contribution in [2.75, 3.05) is 11.9 Å². The maximum absolute atomic E-state index is 12.3. The van der Waals surface area contributed by atoms with E-state index >= 15 is 0 Å². The van der Waals surface area contributed by atoms with Crippen LogP contribution in [0.15, 0.2) is 40.6 Å². The Kier molecular flexibility index (Phi) is 3.94. The van der Waals surface area contributed by atoms with Crippen LogP contribution in [0.2, 0.25) is 0 Å². The minimum absolute atomic E-state index is 0.0237. The second-order valence-corrected chi connectivity index (χ2v) is 6.30. The summed E-state index contributed by atoms with van der Waals surface area (Å²) in [6.45, 7) is 2.85. The molecule has 1 atom stereocenters. The number of hydrogen-bond acceptors (Lipinski definition) is 5. The third kappa shape index (κ3) is 3.25. The van der Waals surface area contributed by atoms with E-state index in [-0.39, 0.29) is 5.91 Å². The maximum Gasteiger partial charge on any atom is 0.244 e. The molecule has 1 aliphatic heterocycles. The Balaban J connectivity index is 1.63. The molecular formula is C14H17N5OS. The molecule has 2 aromatic rings. The van der Waals surface area contributed by atoms with Gasteiger partial charge < -0.3 is 10.6 Å². The molecule has 1 fully saturated rings. The van der Waals surface area contributed by atoms with Crippen molar-refractivity contribution in [2.24, 2.45) is 0 Å². The molecule has 1 amide bonds. The highest BCUT2D eigenvalue weighted by molar-refractivity contribution is 7.99. The monoisotopic (exact) mass is 303 g/mol. The normalized spacial score (nSPS) is 21.4. The number of aromatic amines is 1. The molecule has 1 saturated heterocycles. The van der Waals surface area contributed by atoms with E-state index < -0.39 is 5.54 Å². The Labute approximate surface area is 127 Å². The van der Waals surface area contributed by atoms with E-state index in [9.17, 15) is 4.79 Å². The zero-order valence-electron chi connectivity index (χ0n) is 11.7. The van der Waals surface area contributed by atoms with Crippen LogP contribution in [0.5, 0.6) is 0 Å². The predicted octanol–water partition coefficient (Wildman–Crippen LogP) is 2.04. The van der Waals surface area contributed by atoms with Gasteiger partial charge in [0.05, 0.1) is 5.54 Å². The highest BCUT2D eigenvalue weighted by Gasteiger charge is 2.35. The first-order valence-electron chi connectivity index (χ1n) is 6.85. The standard InChI is InChI=1S/C14H17N5OS/c1-14(7-2-8-16-14)12(20)18-10-3-5-11(6-4-10)21-13-15-9-17-19-13/h3-6,9,16H,2,7-8H2,1H3,(H,18,20)(H,15,17,19). The first-order valence-corrected chi connectivity index (χ1v) is 7.67. The molecule has 21 heavy (non-hydrogen) atoms. The summed E-state index contributed by atoms with van der Waals surface area (Å²) in [5.74, 6) is 0.0237. The van der Waals surface area contributed by atoms with Crippen molar-refractivity contribution in [3.8, 4) is 0 Å². The van der Waals surface area contributed by atoms with E-state index in [2.05, 4.69) is 25.8 Å². The van der Waals surface area contributed by atoms with Crippen molar-refractivity contribution in [3.05, 3.63) is 30.6 Å². The van der Waals surface area contributed by atoms with Gasteiger partial charge in [-0.3, -0.25) is 9.89 Å². The minimum Gasteiger partial charge on any atom is -0.324 e. The summed E-state index contributed by atoms with van der Waals surface area (Å²) in [4.78, 5) is 17.4. The fourth-order valence-electron chi connectivity index (χ4n) is 2.32. The number of anilines is 1. The zero-order chi connectivity index (χ0) is 14.7. The Morgan fingerprint density at radius 2 is 2.19 bits per heavy atom. The quantitative estimate of drug-likeness (QED) is 0.805. The Morgan fingerprint density at radius 1 is 1.38 bits per heavy atom. The van der Waals surface area contributed by atoms with Crippen LogP contribution in [-0.2, 0) is 4.79 Å². The van der Waals surface area contributed by atoms with Gasteiger partial charge in [-0.1, -0.05) is 11.8 Å². The number of amides is 1. The molecule has 2 heterocycles. The van der Waals surface area contributed by atoms with Gasteiger partial charge in [0.25, 0.3) is 0 Å². The molecule has 0 spiro atoms. The third-order valence-electron chi connectivity index (χ3n) is 3.59. The highest BCUT2D eigenvalue weighted by Crippen LogP contribution is 2.26. The van der Waals surface area contributed by atoms with Gasteiger partial charge in [0.2, 0.25) is 5.91 Å². The van der Waals surface area contributed by atoms with Crippen LogP contribution in [0.25, 0.3) is 0 Å². The van der Waals surface area contributed by atoms with Crippen molar-refractivity contribution in [2.45, 2.75) is 35.4 Å². The molecule has 0 aliphatic carbocycles. The fraction of sp³-hybridized carbons (Fsp3) is 0.357. The summed E-state index contributed by atoms with van der Waals surface area (Å²) in [6.07, 6.45) is 3.39. The predicted molar refractivity (Wildman–Crippen MR) is 81.2 cm³/mol. The van der Waals surface area contributed by atoms with Gasteiger partial charge in [-0.25, -0.2) is 4.98 Å². The first kappa shape index (κ1) is 14.1. The molecule has 7 heteroatoms. The van der Waals surface area contributed by atoms with Crippen LogP contribution in [0, 0.1) is 0 Å². The number of benzene rings is 1. The number of hydrogen-bond donors (Lipinski definition) is 3. The van der Waals surface area contributed by atoms with Crippen LogP contribution in [-0.4, -0.2) is 33.2 Å². The Hall–Kier alpha value is -1.86. The van der Waals surface area contributed by atoms with E-state index in [1.54, 1.807) is 0 Å². The summed E-state index contributed by atoms with van der Waals surface area (Å²) >= 11 is 1.49. The van der Waals surface area contributed by atoms with Crippen LogP contribution in [0.3, 0.4) is 0 Å². The van der Waals surface area contributed by atoms with Gasteiger partial charge in [0, 0.05) is 10.6 Å². The molecule has 110 valence electrons. The smallest absolute Gasteiger partial charge is 0.244 e. The topological polar surface area (TPSA) is 82.7 Å². The molecule has 1 aromatic carbocycles. The SMILES string of the molecule is CC1(C(=O)Nc2ccc(Sc3ncn[nH]3)cc2)CCCN1. The maximum atomic E-state index is 12.3. The summed E-state index contributed by atoms with van der Waals surface area (Å²) in [5, 5.41) is 13.6. The van der Waals surface area contributed by atoms with Crippen molar-refractivity contribution < 1.29 is 4.79 Å². The summed E-state index contributed by atoms with van der Waals surface area (Å²) in [6, 6.07) is 7.70. The molecule has 1 unspecified atom stereocenters. The highest BCUT2D eigenvalue weighted by atomic mass is 32.2. The molecule has 0 saturated carbocycles. The molecule has 0 bridgehead atoms. The van der Waals surface area contributed by atoms with E-state index in [4.69, 9.17) is 0 Å². The van der Waals surface area contributed by atoms with Gasteiger partial charge in [-0.2, -0.15) is 5.10 Å². The van der Waals surface area contributed by atoms with E-state index in [0.717, 1.165) is 35.1 Å².